The van der Waals surface area contributed by atoms with Gasteiger partial charge >= 0.3 is 6.36 Å². The van der Waals surface area contributed by atoms with Crippen LogP contribution in [0.3, 0.4) is 0 Å². The van der Waals surface area contributed by atoms with E-state index in [0.29, 0.717) is 6.20 Å². The number of carbonyl (C=O) groups is 1. The molecule has 0 radical (unpaired) electrons. The molecule has 0 spiro atoms. The summed E-state index contributed by atoms with van der Waals surface area (Å²) in [5, 5.41) is -0.251. The lowest BCUT2D eigenvalue weighted by Crippen LogP contribution is -2.20. The molecule has 0 unspecified atom stereocenters. The van der Waals surface area contributed by atoms with Crippen LogP contribution in [0.2, 0.25) is 0 Å². The largest absolute Gasteiger partial charge is 0.573 e. The molecule has 0 aromatic carbocycles. The Balaban J connectivity index is 3.31. The van der Waals surface area contributed by atoms with Crippen LogP contribution in [0.1, 0.15) is 15.9 Å². The van der Waals surface area contributed by atoms with E-state index in [1.165, 1.54) is 0 Å². The van der Waals surface area contributed by atoms with Gasteiger partial charge in [0.1, 0.15) is 5.75 Å². The van der Waals surface area contributed by atoms with Gasteiger partial charge in [0.2, 0.25) is 5.95 Å². The summed E-state index contributed by atoms with van der Waals surface area (Å²) in [5.74, 6) is -1.99. The van der Waals surface area contributed by atoms with E-state index >= 15 is 0 Å². The maximum atomic E-state index is 13.0. The predicted octanol–water partition coefficient (Wildman–Crippen LogP) is 2.83. The molecular formula is C8H4BrF4NO2. The number of halogens is 5. The summed E-state index contributed by atoms with van der Waals surface area (Å²) in [7, 11) is 0. The molecule has 0 atom stereocenters. The number of hydrogen-bond acceptors (Lipinski definition) is 3. The van der Waals surface area contributed by atoms with Crippen LogP contribution in [0.15, 0.2) is 6.20 Å². The van der Waals surface area contributed by atoms with Gasteiger partial charge in [-0.25, -0.2) is 4.98 Å². The van der Waals surface area contributed by atoms with Crippen LogP contribution >= 0.6 is 15.9 Å². The summed E-state index contributed by atoms with van der Waals surface area (Å²) < 4.78 is 52.7. The molecule has 0 aliphatic carbocycles. The number of nitrogens with zero attached hydrogens (tertiary/aromatic N) is 1. The number of hydrogen-bond donors (Lipinski definition) is 0. The molecule has 88 valence electrons. The van der Waals surface area contributed by atoms with Gasteiger partial charge in [0, 0.05) is 11.5 Å². The van der Waals surface area contributed by atoms with Gasteiger partial charge < -0.3 is 4.74 Å². The van der Waals surface area contributed by atoms with Crippen LogP contribution in [0.5, 0.6) is 5.75 Å². The van der Waals surface area contributed by atoms with Gasteiger partial charge in [-0.1, -0.05) is 15.9 Å². The average molecular weight is 302 g/mol. The van der Waals surface area contributed by atoms with Gasteiger partial charge in [-0.15, -0.1) is 13.2 Å². The number of aldehydes is 1. The first-order valence-electron chi connectivity index (χ1n) is 3.83. The highest BCUT2D eigenvalue weighted by Gasteiger charge is 2.34. The Kier molecular flexibility index (Phi) is 3.84. The highest BCUT2D eigenvalue weighted by atomic mass is 79.9. The third-order valence-electron chi connectivity index (χ3n) is 1.58. The first-order valence-corrected chi connectivity index (χ1v) is 4.95. The van der Waals surface area contributed by atoms with Gasteiger partial charge in [-0.05, 0) is 0 Å². The molecule has 1 heterocycles. The molecular weight excluding hydrogens is 298 g/mol. The van der Waals surface area contributed by atoms with Crippen molar-refractivity contribution in [1.29, 1.82) is 0 Å². The molecule has 0 aliphatic rings. The van der Waals surface area contributed by atoms with Crippen molar-refractivity contribution in [2.24, 2.45) is 0 Å². The first kappa shape index (κ1) is 12.9. The smallest absolute Gasteiger partial charge is 0.404 e. The molecule has 0 saturated heterocycles. The first-order chi connectivity index (χ1) is 7.39. The lowest BCUT2D eigenvalue weighted by molar-refractivity contribution is -0.275. The van der Waals surface area contributed by atoms with Crippen molar-refractivity contribution in [2.45, 2.75) is 11.7 Å². The molecule has 0 bridgehead atoms. The molecule has 0 N–H and O–H groups in total. The summed E-state index contributed by atoms with van der Waals surface area (Å²) in [6.45, 7) is 0. The van der Waals surface area contributed by atoms with Crippen LogP contribution < -0.4 is 4.74 Å². The zero-order chi connectivity index (χ0) is 12.3. The highest BCUT2D eigenvalue weighted by molar-refractivity contribution is 9.08. The van der Waals surface area contributed by atoms with E-state index in [0.717, 1.165) is 0 Å². The molecule has 1 rings (SSSR count). The van der Waals surface area contributed by atoms with Gasteiger partial charge in [-0.3, -0.25) is 4.79 Å². The van der Waals surface area contributed by atoms with Crippen molar-refractivity contribution in [3.63, 3.8) is 0 Å². The van der Waals surface area contributed by atoms with Crippen LogP contribution in [-0.2, 0) is 5.33 Å². The van der Waals surface area contributed by atoms with Crippen molar-refractivity contribution < 1.29 is 27.1 Å². The molecule has 1 aromatic rings. The minimum Gasteiger partial charge on any atom is -0.404 e. The standard InChI is InChI=1S/C8H4BrF4NO2/c9-1-5-6(16-8(11,12)13)4(3-15)2-14-7(5)10/h2-3H,1H2. The van der Waals surface area contributed by atoms with E-state index in [2.05, 4.69) is 25.7 Å². The normalized spacial score (nSPS) is 11.3. The summed E-state index contributed by atoms with van der Waals surface area (Å²) in [6, 6.07) is 0. The summed E-state index contributed by atoms with van der Waals surface area (Å²) >= 11 is 2.79. The fraction of sp³-hybridized carbons (Fsp3) is 0.250. The van der Waals surface area contributed by atoms with Crippen LogP contribution in [0.25, 0.3) is 0 Å². The van der Waals surface area contributed by atoms with Crippen molar-refractivity contribution >= 4 is 22.2 Å². The third-order valence-corrected chi connectivity index (χ3v) is 2.14. The quantitative estimate of drug-likeness (QED) is 0.373. The van der Waals surface area contributed by atoms with E-state index in [1.807, 2.05) is 0 Å². The fourth-order valence-corrected chi connectivity index (χ4v) is 1.45. The number of rotatable bonds is 3. The Morgan fingerprint density at radius 1 is 1.50 bits per heavy atom. The van der Waals surface area contributed by atoms with E-state index in [4.69, 9.17) is 0 Å². The van der Waals surface area contributed by atoms with Gasteiger partial charge in [0.25, 0.3) is 0 Å². The molecule has 3 nitrogen and oxygen atoms in total. The topological polar surface area (TPSA) is 39.2 Å². The molecule has 0 aliphatic heterocycles. The minimum absolute atomic E-state index is 0.111. The number of carbonyl (C=O) groups excluding carboxylic acids is 1. The monoisotopic (exact) mass is 301 g/mol. The Labute approximate surface area is 95.6 Å². The molecule has 16 heavy (non-hydrogen) atoms. The maximum Gasteiger partial charge on any atom is 0.573 e. The highest BCUT2D eigenvalue weighted by Crippen LogP contribution is 2.31. The number of aromatic nitrogens is 1. The van der Waals surface area contributed by atoms with Gasteiger partial charge in [0.05, 0.1) is 11.1 Å². The Hall–Kier alpha value is -1.18. The van der Waals surface area contributed by atoms with E-state index in [-0.39, 0.29) is 11.6 Å². The van der Waals surface area contributed by atoms with Crippen molar-refractivity contribution in [3.05, 3.63) is 23.3 Å². The van der Waals surface area contributed by atoms with Crippen molar-refractivity contribution in [3.8, 4) is 5.75 Å². The molecule has 0 saturated carbocycles. The number of ether oxygens (including phenoxy) is 1. The molecule has 8 heteroatoms. The Bertz CT molecular complexity index is 408. The molecule has 0 fully saturated rings. The van der Waals surface area contributed by atoms with E-state index in [9.17, 15) is 22.4 Å². The minimum atomic E-state index is -5.00. The summed E-state index contributed by atoms with van der Waals surface area (Å²) in [4.78, 5) is 13.6. The fourth-order valence-electron chi connectivity index (χ4n) is 0.967. The van der Waals surface area contributed by atoms with E-state index < -0.39 is 29.2 Å². The second kappa shape index (κ2) is 4.77. The van der Waals surface area contributed by atoms with E-state index in [1.54, 1.807) is 0 Å². The van der Waals surface area contributed by atoms with Gasteiger partial charge in [-0.2, -0.15) is 4.39 Å². The second-order valence-corrected chi connectivity index (χ2v) is 3.17. The van der Waals surface area contributed by atoms with Crippen molar-refractivity contribution in [1.82, 2.24) is 4.98 Å². The zero-order valence-corrected chi connectivity index (χ0v) is 9.10. The van der Waals surface area contributed by atoms with Crippen molar-refractivity contribution in [2.75, 3.05) is 0 Å². The maximum absolute atomic E-state index is 13.0. The number of alkyl halides is 4. The van der Waals surface area contributed by atoms with Crippen LogP contribution in [0.4, 0.5) is 17.6 Å². The average Bonchev–Trinajstić information content (AvgIpc) is 2.16. The molecule has 0 amide bonds. The number of pyridine rings is 1. The van der Waals surface area contributed by atoms with Crippen LogP contribution in [-0.4, -0.2) is 17.6 Å². The Morgan fingerprint density at radius 3 is 2.56 bits per heavy atom. The predicted molar refractivity (Wildman–Crippen MR) is 48.9 cm³/mol. The Morgan fingerprint density at radius 2 is 2.12 bits per heavy atom. The second-order valence-electron chi connectivity index (χ2n) is 2.61. The third kappa shape index (κ3) is 2.91. The summed E-state index contributed by atoms with van der Waals surface area (Å²) in [5.41, 5.74) is -0.921. The van der Waals surface area contributed by atoms with Gasteiger partial charge in [0.15, 0.2) is 6.29 Å². The molecule has 1 aromatic heterocycles. The zero-order valence-electron chi connectivity index (χ0n) is 7.52. The van der Waals surface area contributed by atoms with Crippen LogP contribution in [0, 0.1) is 5.95 Å². The lowest BCUT2D eigenvalue weighted by atomic mass is 10.2. The lowest BCUT2D eigenvalue weighted by Gasteiger charge is -2.13. The summed E-state index contributed by atoms with van der Waals surface area (Å²) in [6.07, 6.45) is -4.21. The SMILES string of the molecule is O=Cc1cnc(F)c(CBr)c1OC(F)(F)F.